The summed E-state index contributed by atoms with van der Waals surface area (Å²) in [6.07, 6.45) is -2.82. The molecular weight excluding hydrogens is 221 g/mol. The van der Waals surface area contributed by atoms with Crippen molar-refractivity contribution in [2.75, 3.05) is 32.8 Å². The van der Waals surface area contributed by atoms with E-state index in [2.05, 4.69) is 4.74 Å². The predicted octanol–water partition coefficient (Wildman–Crippen LogP) is 2.19. The summed E-state index contributed by atoms with van der Waals surface area (Å²) >= 11 is 0. The summed E-state index contributed by atoms with van der Waals surface area (Å²) < 4.78 is 39.6. The van der Waals surface area contributed by atoms with E-state index in [1.54, 1.807) is 0 Å². The maximum absolute atomic E-state index is 11.7. The number of ether oxygens (including phenoxy) is 1. The van der Waals surface area contributed by atoms with Gasteiger partial charge in [0, 0.05) is 13.2 Å². The van der Waals surface area contributed by atoms with Gasteiger partial charge >= 0.3 is 6.18 Å². The number of alkyl halides is 3. The minimum absolute atomic E-state index is 0.0746. The zero-order chi connectivity index (χ0) is 12.4. The van der Waals surface area contributed by atoms with Crippen LogP contribution in [0.4, 0.5) is 13.2 Å². The van der Waals surface area contributed by atoms with Gasteiger partial charge in [0.25, 0.3) is 0 Å². The Morgan fingerprint density at radius 2 is 2.00 bits per heavy atom. The molecule has 3 nitrogen and oxygen atoms in total. The van der Waals surface area contributed by atoms with Crippen molar-refractivity contribution in [2.45, 2.75) is 25.9 Å². The Labute approximate surface area is 93.8 Å². The molecular formula is C10H17F3N2O. The lowest BCUT2D eigenvalue weighted by molar-refractivity contribution is -0.174. The highest BCUT2D eigenvalue weighted by atomic mass is 19.4. The Hall–Kier alpha value is -0.800. The first-order valence-electron chi connectivity index (χ1n) is 5.23. The molecule has 0 saturated carbocycles. The molecule has 0 heterocycles. The lowest BCUT2D eigenvalue weighted by Gasteiger charge is -2.17. The molecule has 0 aromatic rings. The van der Waals surface area contributed by atoms with E-state index >= 15 is 0 Å². The number of rotatable bonds is 8. The number of hydrogen-bond donors (Lipinski definition) is 0. The van der Waals surface area contributed by atoms with E-state index in [0.717, 1.165) is 13.0 Å². The van der Waals surface area contributed by atoms with Gasteiger partial charge in [0.2, 0.25) is 0 Å². The van der Waals surface area contributed by atoms with E-state index in [4.69, 9.17) is 5.26 Å². The van der Waals surface area contributed by atoms with Crippen LogP contribution in [0.25, 0.3) is 0 Å². The first-order chi connectivity index (χ1) is 7.49. The average Bonchev–Trinajstić information content (AvgIpc) is 2.16. The molecule has 0 amide bonds. The summed E-state index contributed by atoms with van der Waals surface area (Å²) in [5.41, 5.74) is 0. The zero-order valence-corrected chi connectivity index (χ0v) is 9.39. The van der Waals surface area contributed by atoms with Crippen LogP contribution in [0.2, 0.25) is 0 Å². The summed E-state index contributed by atoms with van der Waals surface area (Å²) in [5, 5.41) is 8.50. The lowest BCUT2D eigenvalue weighted by atomic mass is 10.3. The van der Waals surface area contributed by atoms with Crippen LogP contribution in [0.1, 0.15) is 19.8 Å². The van der Waals surface area contributed by atoms with Crippen LogP contribution < -0.4 is 0 Å². The second-order valence-corrected chi connectivity index (χ2v) is 3.46. The summed E-state index contributed by atoms with van der Waals surface area (Å²) in [4.78, 5) is 1.90. The molecule has 0 saturated heterocycles. The highest BCUT2D eigenvalue weighted by Gasteiger charge is 2.27. The van der Waals surface area contributed by atoms with Crippen molar-refractivity contribution in [1.29, 1.82) is 5.26 Å². The normalized spacial score (nSPS) is 11.8. The monoisotopic (exact) mass is 238 g/mol. The number of hydrogen-bond acceptors (Lipinski definition) is 3. The molecule has 0 radical (unpaired) electrons. The summed E-state index contributed by atoms with van der Waals surface area (Å²) in [6.45, 7) is 2.56. The summed E-state index contributed by atoms with van der Waals surface area (Å²) in [6, 6.07) is 2.02. The van der Waals surface area contributed by atoms with Crippen LogP contribution in [0, 0.1) is 11.3 Å². The van der Waals surface area contributed by atoms with Crippen molar-refractivity contribution in [3.05, 3.63) is 0 Å². The molecule has 0 aromatic carbocycles. The lowest BCUT2D eigenvalue weighted by Crippen LogP contribution is -2.27. The first kappa shape index (κ1) is 15.2. The Kier molecular flexibility index (Phi) is 7.95. The smallest absolute Gasteiger partial charge is 0.372 e. The molecule has 0 aliphatic heterocycles. The Morgan fingerprint density at radius 1 is 1.31 bits per heavy atom. The van der Waals surface area contributed by atoms with E-state index in [0.29, 0.717) is 19.5 Å². The van der Waals surface area contributed by atoms with E-state index < -0.39 is 12.8 Å². The fourth-order valence-corrected chi connectivity index (χ4v) is 1.26. The van der Waals surface area contributed by atoms with Gasteiger partial charge < -0.3 is 4.74 Å². The van der Waals surface area contributed by atoms with E-state index in [-0.39, 0.29) is 6.61 Å². The van der Waals surface area contributed by atoms with Gasteiger partial charge in [-0.3, -0.25) is 4.90 Å². The quantitative estimate of drug-likeness (QED) is 0.480. The fourth-order valence-electron chi connectivity index (χ4n) is 1.26. The van der Waals surface area contributed by atoms with Crippen LogP contribution in [0.15, 0.2) is 0 Å². The zero-order valence-electron chi connectivity index (χ0n) is 9.39. The van der Waals surface area contributed by atoms with Gasteiger partial charge in [0.15, 0.2) is 0 Å². The van der Waals surface area contributed by atoms with Gasteiger partial charge in [-0.15, -0.1) is 0 Å². The van der Waals surface area contributed by atoms with Gasteiger partial charge in [0.05, 0.1) is 12.6 Å². The highest BCUT2D eigenvalue weighted by Crippen LogP contribution is 2.14. The van der Waals surface area contributed by atoms with Crippen LogP contribution in [-0.4, -0.2) is 43.9 Å². The molecule has 0 aliphatic rings. The second kappa shape index (κ2) is 8.36. The van der Waals surface area contributed by atoms with Crippen molar-refractivity contribution in [3.63, 3.8) is 0 Å². The van der Waals surface area contributed by atoms with Crippen LogP contribution in [0.5, 0.6) is 0 Å². The molecule has 6 heteroatoms. The Bertz CT molecular complexity index is 213. The fraction of sp³-hybridized carbons (Fsp3) is 0.900. The Balaban J connectivity index is 3.51. The van der Waals surface area contributed by atoms with Gasteiger partial charge in [-0.2, -0.15) is 18.4 Å². The van der Waals surface area contributed by atoms with E-state index in [1.807, 2.05) is 17.9 Å². The van der Waals surface area contributed by atoms with Crippen molar-refractivity contribution < 1.29 is 17.9 Å². The van der Waals surface area contributed by atoms with E-state index in [1.165, 1.54) is 0 Å². The molecule has 0 N–H and O–H groups in total. The van der Waals surface area contributed by atoms with Crippen molar-refractivity contribution in [1.82, 2.24) is 4.90 Å². The van der Waals surface area contributed by atoms with Gasteiger partial charge in [-0.05, 0) is 19.4 Å². The standard InChI is InChI=1S/C10H17F3N2O/c1-2-5-15(7-4-14)6-3-8-16-9-10(11,12)13/h2-3,5-9H2,1H3. The van der Waals surface area contributed by atoms with Crippen molar-refractivity contribution in [3.8, 4) is 6.07 Å². The van der Waals surface area contributed by atoms with Crippen molar-refractivity contribution in [2.24, 2.45) is 0 Å². The average molecular weight is 238 g/mol. The van der Waals surface area contributed by atoms with Crippen LogP contribution in [-0.2, 0) is 4.74 Å². The number of halogens is 3. The predicted molar refractivity (Wildman–Crippen MR) is 53.8 cm³/mol. The third-order valence-electron chi connectivity index (χ3n) is 1.86. The Morgan fingerprint density at radius 3 is 2.50 bits per heavy atom. The number of nitrogens with zero attached hydrogens (tertiary/aromatic N) is 2. The highest BCUT2D eigenvalue weighted by molar-refractivity contribution is 4.75. The van der Waals surface area contributed by atoms with Crippen molar-refractivity contribution >= 4 is 0 Å². The molecule has 16 heavy (non-hydrogen) atoms. The van der Waals surface area contributed by atoms with Crippen LogP contribution in [0.3, 0.4) is 0 Å². The summed E-state index contributed by atoms with van der Waals surface area (Å²) in [7, 11) is 0. The third kappa shape index (κ3) is 9.74. The van der Waals surface area contributed by atoms with E-state index in [9.17, 15) is 13.2 Å². The number of nitriles is 1. The maximum Gasteiger partial charge on any atom is 0.411 e. The summed E-state index contributed by atoms with van der Waals surface area (Å²) in [5.74, 6) is 0. The minimum Gasteiger partial charge on any atom is -0.372 e. The molecule has 0 bridgehead atoms. The second-order valence-electron chi connectivity index (χ2n) is 3.46. The molecule has 0 aromatic heterocycles. The topological polar surface area (TPSA) is 36.3 Å². The van der Waals surface area contributed by atoms with Gasteiger partial charge in [-0.1, -0.05) is 6.92 Å². The maximum atomic E-state index is 11.7. The van der Waals surface area contributed by atoms with Gasteiger partial charge in [0.1, 0.15) is 6.61 Å². The van der Waals surface area contributed by atoms with Crippen LogP contribution >= 0.6 is 0 Å². The SMILES string of the molecule is CCCN(CC#N)CCCOCC(F)(F)F. The first-order valence-corrected chi connectivity index (χ1v) is 5.23. The molecule has 0 rings (SSSR count). The third-order valence-corrected chi connectivity index (χ3v) is 1.86. The largest absolute Gasteiger partial charge is 0.411 e. The molecule has 0 unspecified atom stereocenters. The molecule has 0 spiro atoms. The molecule has 0 aliphatic carbocycles. The molecule has 0 atom stereocenters. The molecule has 94 valence electrons. The minimum atomic E-state index is -4.25. The van der Waals surface area contributed by atoms with Gasteiger partial charge in [-0.25, -0.2) is 0 Å². The molecule has 0 fully saturated rings.